The number of aryl methyl sites for hydroxylation is 1. The highest BCUT2D eigenvalue weighted by Gasteiger charge is 2.41. The Balaban J connectivity index is 1.22. The molecule has 9 heteroatoms. The molecule has 2 aliphatic rings. The van der Waals surface area contributed by atoms with Crippen LogP contribution in [0.1, 0.15) is 43.2 Å². The third-order valence-corrected chi connectivity index (χ3v) is 9.14. The van der Waals surface area contributed by atoms with Gasteiger partial charge in [-0.3, -0.25) is 13.9 Å². The number of benzene rings is 3. The average molecular weight is 605 g/mol. The molecule has 0 saturated carbocycles. The molecule has 0 amide bonds. The first-order valence-electron chi connectivity index (χ1n) is 15.5. The van der Waals surface area contributed by atoms with Crippen LogP contribution in [0.3, 0.4) is 0 Å². The minimum Gasteiger partial charge on any atom is -0.481 e. The van der Waals surface area contributed by atoms with Crippen molar-refractivity contribution < 1.29 is 19.4 Å². The van der Waals surface area contributed by atoms with Crippen LogP contribution >= 0.6 is 0 Å². The van der Waals surface area contributed by atoms with E-state index in [1.807, 2.05) is 72.8 Å². The van der Waals surface area contributed by atoms with Crippen LogP contribution in [0.4, 0.5) is 5.69 Å². The maximum absolute atomic E-state index is 13.8. The van der Waals surface area contributed by atoms with Crippen LogP contribution < -0.4 is 20.1 Å². The van der Waals surface area contributed by atoms with E-state index in [4.69, 9.17) is 14.5 Å². The van der Waals surface area contributed by atoms with E-state index in [0.717, 1.165) is 53.5 Å². The predicted octanol–water partition coefficient (Wildman–Crippen LogP) is 6.10. The van der Waals surface area contributed by atoms with Crippen molar-refractivity contribution in [1.29, 1.82) is 0 Å². The number of carboxylic acid groups (broad SMARTS) is 1. The molecule has 4 heterocycles. The van der Waals surface area contributed by atoms with Crippen molar-refractivity contribution in [2.75, 3.05) is 4.90 Å². The molecule has 5 aromatic rings. The molecule has 3 atom stereocenters. The summed E-state index contributed by atoms with van der Waals surface area (Å²) in [7, 11) is 1.79. The lowest BCUT2D eigenvalue weighted by atomic mass is 9.88. The Morgan fingerprint density at radius 3 is 2.13 bits per heavy atom. The minimum atomic E-state index is -0.719. The molecule has 7 rings (SSSR count). The van der Waals surface area contributed by atoms with E-state index in [1.165, 1.54) is 0 Å². The van der Waals surface area contributed by atoms with Gasteiger partial charge in [-0.15, -0.1) is 0 Å². The molecular formula is C36H36N4O5. The van der Waals surface area contributed by atoms with E-state index in [1.54, 1.807) is 22.2 Å². The van der Waals surface area contributed by atoms with Gasteiger partial charge in [0.2, 0.25) is 11.8 Å². The Labute approximate surface area is 261 Å². The molecule has 3 aromatic carbocycles. The maximum Gasteiger partial charge on any atom is 0.333 e. The van der Waals surface area contributed by atoms with Gasteiger partial charge in [0.25, 0.3) is 0 Å². The van der Waals surface area contributed by atoms with Crippen molar-refractivity contribution in [3.8, 4) is 17.4 Å². The highest BCUT2D eigenvalue weighted by atomic mass is 16.5. The van der Waals surface area contributed by atoms with Gasteiger partial charge in [-0.2, -0.15) is 4.98 Å². The van der Waals surface area contributed by atoms with E-state index in [0.29, 0.717) is 36.1 Å². The van der Waals surface area contributed by atoms with Crippen LogP contribution in [0.15, 0.2) is 95.8 Å². The number of imidazole rings is 1. The monoisotopic (exact) mass is 604 g/mol. The van der Waals surface area contributed by atoms with Crippen LogP contribution in [0, 0.1) is 5.92 Å². The van der Waals surface area contributed by atoms with Gasteiger partial charge in [0.1, 0.15) is 18.9 Å². The summed E-state index contributed by atoms with van der Waals surface area (Å²) < 4.78 is 15.6. The molecule has 2 aliphatic heterocycles. The molecule has 45 heavy (non-hydrogen) atoms. The zero-order valence-corrected chi connectivity index (χ0v) is 25.2. The standard InChI is InChI=1S/C36H36N4O5/c1-38-32-21-29(39-27-12-13-28(39)19-26(18-27)20-34(41)42)14-15-30(32)40(36(38)43)31-16-17-33(44-22-24-8-4-2-5-9-24)37-35(31)45-23-25-10-6-3-7-11-25/h2-11,14-17,21,26-28H,12-13,18-20,22-23H2,1H3,(H,41,42)/t26-,27-,28?/m1/s1. The second-order valence-electron chi connectivity index (χ2n) is 12.1. The second kappa shape index (κ2) is 12.1. The number of piperidine rings is 1. The number of fused-ring (bicyclic) bond motifs is 3. The lowest BCUT2D eigenvalue weighted by Crippen LogP contribution is -2.43. The predicted molar refractivity (Wildman–Crippen MR) is 172 cm³/mol. The van der Waals surface area contributed by atoms with E-state index >= 15 is 0 Å². The van der Waals surface area contributed by atoms with Gasteiger partial charge in [0, 0.05) is 37.3 Å². The van der Waals surface area contributed by atoms with Gasteiger partial charge in [-0.1, -0.05) is 60.7 Å². The molecule has 9 nitrogen and oxygen atoms in total. The first-order chi connectivity index (χ1) is 21.9. The molecule has 2 saturated heterocycles. The molecule has 0 radical (unpaired) electrons. The molecule has 1 unspecified atom stereocenters. The fraction of sp³-hybridized carbons (Fsp3) is 0.306. The van der Waals surface area contributed by atoms with E-state index in [9.17, 15) is 14.7 Å². The van der Waals surface area contributed by atoms with Crippen LogP contribution in [-0.2, 0) is 25.1 Å². The van der Waals surface area contributed by atoms with E-state index < -0.39 is 5.97 Å². The fourth-order valence-electron chi connectivity index (χ4n) is 7.07. The molecular weight excluding hydrogens is 568 g/mol. The van der Waals surface area contributed by atoms with Crippen molar-refractivity contribution in [3.05, 3.63) is 113 Å². The Morgan fingerprint density at radius 1 is 0.844 bits per heavy atom. The quantitative estimate of drug-likeness (QED) is 0.206. The van der Waals surface area contributed by atoms with E-state index in [-0.39, 0.29) is 24.6 Å². The second-order valence-corrected chi connectivity index (χ2v) is 12.1. The summed E-state index contributed by atoms with van der Waals surface area (Å²) in [6.07, 6.45) is 4.12. The number of aromatic nitrogens is 3. The number of anilines is 1. The molecule has 1 N–H and O–H groups in total. The highest BCUT2D eigenvalue weighted by Crippen LogP contribution is 2.43. The summed E-state index contributed by atoms with van der Waals surface area (Å²) in [6.45, 7) is 0.644. The lowest BCUT2D eigenvalue weighted by Gasteiger charge is -2.40. The molecule has 230 valence electrons. The average Bonchev–Trinajstić information content (AvgIpc) is 3.47. The van der Waals surface area contributed by atoms with Crippen LogP contribution in [-0.4, -0.2) is 37.3 Å². The summed E-state index contributed by atoms with van der Waals surface area (Å²) in [4.78, 5) is 32.4. The zero-order chi connectivity index (χ0) is 30.9. The molecule has 2 fully saturated rings. The number of aliphatic carboxylic acids is 1. The largest absolute Gasteiger partial charge is 0.481 e. The topological polar surface area (TPSA) is 98.8 Å². The fourth-order valence-corrected chi connectivity index (χ4v) is 7.07. The Hall–Kier alpha value is -5.05. The Morgan fingerprint density at radius 2 is 1.49 bits per heavy atom. The number of carbonyl (C=O) groups is 1. The first-order valence-corrected chi connectivity index (χ1v) is 15.5. The number of rotatable bonds is 10. The van der Waals surface area contributed by atoms with Crippen molar-refractivity contribution in [3.63, 3.8) is 0 Å². The lowest BCUT2D eigenvalue weighted by molar-refractivity contribution is -0.138. The van der Waals surface area contributed by atoms with Gasteiger partial charge in [-0.05, 0) is 67.0 Å². The van der Waals surface area contributed by atoms with Gasteiger partial charge in [-0.25, -0.2) is 4.79 Å². The van der Waals surface area contributed by atoms with Crippen molar-refractivity contribution in [1.82, 2.24) is 14.1 Å². The number of hydrogen-bond acceptors (Lipinski definition) is 6. The highest BCUT2D eigenvalue weighted by molar-refractivity contribution is 5.83. The van der Waals surface area contributed by atoms with Crippen molar-refractivity contribution in [2.45, 2.75) is 57.4 Å². The van der Waals surface area contributed by atoms with Crippen LogP contribution in [0.2, 0.25) is 0 Å². The molecule has 2 aromatic heterocycles. The summed E-state index contributed by atoms with van der Waals surface area (Å²) in [5, 5.41) is 9.34. The number of hydrogen-bond donors (Lipinski definition) is 1. The minimum absolute atomic E-state index is 0.199. The number of ether oxygens (including phenoxy) is 2. The smallest absolute Gasteiger partial charge is 0.333 e. The third kappa shape index (κ3) is 5.78. The van der Waals surface area contributed by atoms with Gasteiger partial charge in [0.05, 0.1) is 11.0 Å². The Kier molecular flexibility index (Phi) is 7.75. The van der Waals surface area contributed by atoms with Crippen LogP contribution in [0.5, 0.6) is 11.8 Å². The van der Waals surface area contributed by atoms with Gasteiger partial charge >= 0.3 is 11.7 Å². The number of carboxylic acids is 1. The Bertz CT molecular complexity index is 1870. The summed E-state index contributed by atoms with van der Waals surface area (Å²) in [6, 6.07) is 30.1. The maximum atomic E-state index is 13.8. The molecule has 2 bridgehead atoms. The summed E-state index contributed by atoms with van der Waals surface area (Å²) >= 11 is 0. The van der Waals surface area contributed by atoms with E-state index in [2.05, 4.69) is 17.0 Å². The number of nitrogens with zero attached hydrogens (tertiary/aromatic N) is 4. The molecule has 0 aliphatic carbocycles. The van der Waals surface area contributed by atoms with Crippen LogP contribution in [0.25, 0.3) is 16.7 Å². The van der Waals surface area contributed by atoms with Crippen molar-refractivity contribution in [2.24, 2.45) is 13.0 Å². The normalized spacial score (nSPS) is 19.1. The summed E-state index contributed by atoms with van der Waals surface area (Å²) in [5.74, 6) is 0.208. The SMILES string of the molecule is Cn1c(=O)n(-c2ccc(OCc3ccccc3)nc2OCc2ccccc2)c2ccc(N3C4CC[C@@H]3C[C@@H](CC(=O)O)C4)cc21. The first kappa shape index (κ1) is 28.7. The summed E-state index contributed by atoms with van der Waals surface area (Å²) in [5.41, 5.74) is 4.98. The van der Waals surface area contributed by atoms with Gasteiger partial charge < -0.3 is 19.5 Å². The third-order valence-electron chi connectivity index (χ3n) is 9.14. The number of pyridine rings is 1. The molecule has 0 spiro atoms. The van der Waals surface area contributed by atoms with Crippen molar-refractivity contribution >= 4 is 22.7 Å². The zero-order valence-electron chi connectivity index (χ0n) is 25.2. The van der Waals surface area contributed by atoms with Gasteiger partial charge in [0.15, 0.2) is 0 Å².